The second-order valence-corrected chi connectivity index (χ2v) is 12.0. The number of carbonyl (C=O) groups is 2. The summed E-state index contributed by atoms with van der Waals surface area (Å²) in [6.07, 6.45) is 24.0. The Labute approximate surface area is 286 Å². The van der Waals surface area contributed by atoms with Crippen molar-refractivity contribution in [1.29, 1.82) is 0 Å². The van der Waals surface area contributed by atoms with Crippen molar-refractivity contribution in [1.82, 2.24) is 0 Å². The van der Waals surface area contributed by atoms with Gasteiger partial charge in [-0.05, 0) is 85.1 Å². The van der Waals surface area contributed by atoms with Crippen molar-refractivity contribution in [2.24, 2.45) is 0 Å². The van der Waals surface area contributed by atoms with Gasteiger partial charge in [0, 0.05) is 35.0 Å². The minimum Gasteiger partial charge on any atom is -0.463 e. The van der Waals surface area contributed by atoms with E-state index in [0.29, 0.717) is 23.3 Å². The molecule has 0 aromatic heterocycles. The van der Waals surface area contributed by atoms with E-state index in [9.17, 15) is 9.59 Å². The maximum absolute atomic E-state index is 11.8. The summed E-state index contributed by atoms with van der Waals surface area (Å²) in [6, 6.07) is 14.6. The van der Waals surface area contributed by atoms with Gasteiger partial charge in [0.2, 0.25) is 0 Å². The van der Waals surface area contributed by atoms with Crippen LogP contribution in [-0.4, -0.2) is 25.2 Å². The average Bonchev–Trinajstić information content (AvgIpc) is 3.06. The second-order valence-electron chi connectivity index (χ2n) is 11.2. The van der Waals surface area contributed by atoms with Crippen LogP contribution in [0.25, 0.3) is 12.2 Å². The highest BCUT2D eigenvalue weighted by molar-refractivity contribution is 6.30. The molecule has 0 aliphatic rings. The zero-order valence-corrected chi connectivity index (χ0v) is 28.6. The largest absolute Gasteiger partial charge is 0.463 e. The highest BCUT2D eigenvalue weighted by Crippen LogP contribution is 2.13. The van der Waals surface area contributed by atoms with Gasteiger partial charge in [0.1, 0.15) is 0 Å². The van der Waals surface area contributed by atoms with Gasteiger partial charge in [-0.25, -0.2) is 9.59 Å². The van der Waals surface area contributed by atoms with Crippen LogP contribution in [0.2, 0.25) is 10.0 Å². The number of esters is 2. The van der Waals surface area contributed by atoms with E-state index >= 15 is 0 Å². The maximum Gasteiger partial charge on any atom is 0.330 e. The van der Waals surface area contributed by atoms with Crippen LogP contribution in [0.15, 0.2) is 60.7 Å². The molecule has 2 aromatic rings. The van der Waals surface area contributed by atoms with Gasteiger partial charge in [0.05, 0.1) is 13.2 Å². The molecular formula is C40H48Cl2O4. The molecule has 0 bridgehead atoms. The predicted octanol–water partition coefficient (Wildman–Crippen LogP) is 11.1. The van der Waals surface area contributed by atoms with Gasteiger partial charge >= 0.3 is 11.9 Å². The quantitative estimate of drug-likeness (QED) is 0.0544. The van der Waals surface area contributed by atoms with Crippen molar-refractivity contribution in [2.75, 3.05) is 13.2 Å². The minimum atomic E-state index is -0.307. The Balaban J connectivity index is 1.29. The van der Waals surface area contributed by atoms with Crippen LogP contribution in [0.5, 0.6) is 0 Å². The molecule has 46 heavy (non-hydrogen) atoms. The molecular weight excluding hydrogens is 615 g/mol. The van der Waals surface area contributed by atoms with Crippen molar-refractivity contribution in [3.05, 3.63) is 81.9 Å². The lowest BCUT2D eigenvalue weighted by atomic mass is 10.1. The van der Waals surface area contributed by atoms with Crippen LogP contribution < -0.4 is 0 Å². The van der Waals surface area contributed by atoms with Crippen LogP contribution in [0.1, 0.15) is 114 Å². The van der Waals surface area contributed by atoms with Gasteiger partial charge in [0.25, 0.3) is 0 Å². The Morgan fingerprint density at radius 1 is 0.500 bits per heavy atom. The third kappa shape index (κ3) is 22.1. The molecule has 0 N–H and O–H groups in total. The molecule has 0 amide bonds. The van der Waals surface area contributed by atoms with Crippen molar-refractivity contribution in [3.8, 4) is 23.7 Å². The minimum absolute atomic E-state index is 0.307. The van der Waals surface area contributed by atoms with E-state index in [1.165, 1.54) is 50.7 Å². The SMILES string of the molecule is O=C(/C=C/c1ccc(Cl)cc1)OCCCCCCCCCC#CC#CCCCCCCCCCOC(=O)/C=C/c1ccc(Cl)cc1. The van der Waals surface area contributed by atoms with Crippen LogP contribution >= 0.6 is 23.2 Å². The first-order valence-corrected chi connectivity index (χ1v) is 17.4. The smallest absolute Gasteiger partial charge is 0.330 e. The van der Waals surface area contributed by atoms with E-state index in [4.69, 9.17) is 32.7 Å². The first kappa shape index (κ1) is 38.7. The van der Waals surface area contributed by atoms with Crippen molar-refractivity contribution < 1.29 is 19.1 Å². The van der Waals surface area contributed by atoms with E-state index in [1.54, 1.807) is 36.4 Å². The molecule has 0 aliphatic heterocycles. The summed E-state index contributed by atoms with van der Waals surface area (Å²) in [4.78, 5) is 23.6. The molecule has 0 saturated carbocycles. The number of carbonyl (C=O) groups excluding carboxylic acids is 2. The summed E-state index contributed by atoms with van der Waals surface area (Å²) in [5.41, 5.74) is 1.84. The number of unbranched alkanes of at least 4 members (excludes halogenated alkanes) is 14. The van der Waals surface area contributed by atoms with Gasteiger partial charge in [-0.2, -0.15) is 0 Å². The third-order valence-electron chi connectivity index (χ3n) is 7.18. The highest BCUT2D eigenvalue weighted by atomic mass is 35.5. The van der Waals surface area contributed by atoms with Gasteiger partial charge < -0.3 is 9.47 Å². The molecule has 2 rings (SSSR count). The number of hydrogen-bond acceptors (Lipinski definition) is 4. The molecule has 0 aliphatic carbocycles. The molecule has 0 unspecified atom stereocenters. The van der Waals surface area contributed by atoms with Gasteiger partial charge in [-0.15, -0.1) is 0 Å². The standard InChI is InChI=1S/C40H48Cl2O4/c41-37-27-21-35(22-28-37)25-31-39(43)45-33-19-17-15-13-11-9-7-5-3-1-2-4-6-8-10-12-14-16-18-20-34-46-40(44)32-26-36-23-29-38(42)30-24-36/h21-32H,5-20,33-34H2/b31-25+,32-26+. The lowest BCUT2D eigenvalue weighted by Gasteiger charge is -2.03. The second kappa shape index (κ2) is 26.7. The summed E-state index contributed by atoms with van der Waals surface area (Å²) in [5.74, 6) is 11.7. The monoisotopic (exact) mass is 662 g/mol. The fourth-order valence-corrected chi connectivity index (χ4v) is 4.78. The molecule has 0 fully saturated rings. The average molecular weight is 664 g/mol. The molecule has 0 heterocycles. The lowest BCUT2D eigenvalue weighted by molar-refractivity contribution is -0.138. The Morgan fingerprint density at radius 3 is 1.20 bits per heavy atom. The Bertz CT molecular complexity index is 1200. The van der Waals surface area contributed by atoms with E-state index in [1.807, 2.05) is 24.3 Å². The van der Waals surface area contributed by atoms with Crippen LogP contribution in [0.3, 0.4) is 0 Å². The van der Waals surface area contributed by atoms with Gasteiger partial charge in [0.15, 0.2) is 0 Å². The summed E-state index contributed by atoms with van der Waals surface area (Å²) in [6.45, 7) is 0.933. The molecule has 6 heteroatoms. The Kier molecular flexibility index (Phi) is 22.5. The number of ether oxygens (including phenoxy) is 2. The molecule has 246 valence electrons. The topological polar surface area (TPSA) is 52.6 Å². The fourth-order valence-electron chi connectivity index (χ4n) is 4.53. The predicted molar refractivity (Wildman–Crippen MR) is 192 cm³/mol. The van der Waals surface area contributed by atoms with E-state index < -0.39 is 0 Å². The summed E-state index contributed by atoms with van der Waals surface area (Å²) in [7, 11) is 0. The zero-order valence-electron chi connectivity index (χ0n) is 27.0. The van der Waals surface area contributed by atoms with E-state index in [0.717, 1.165) is 75.3 Å². The van der Waals surface area contributed by atoms with Crippen molar-refractivity contribution >= 4 is 47.3 Å². The molecule has 0 atom stereocenters. The zero-order chi connectivity index (χ0) is 32.9. The highest BCUT2D eigenvalue weighted by Gasteiger charge is 1.99. The fraction of sp³-hybridized carbons (Fsp3) is 0.450. The van der Waals surface area contributed by atoms with Crippen LogP contribution in [0, 0.1) is 23.7 Å². The van der Waals surface area contributed by atoms with Gasteiger partial charge in [-0.3, -0.25) is 0 Å². The molecule has 0 radical (unpaired) electrons. The van der Waals surface area contributed by atoms with Crippen molar-refractivity contribution in [3.63, 3.8) is 0 Å². The summed E-state index contributed by atoms with van der Waals surface area (Å²) < 4.78 is 10.5. The number of benzene rings is 2. The maximum atomic E-state index is 11.8. The third-order valence-corrected chi connectivity index (χ3v) is 7.69. The first-order valence-electron chi connectivity index (χ1n) is 16.7. The normalized spacial score (nSPS) is 10.7. The molecule has 0 spiro atoms. The van der Waals surface area contributed by atoms with E-state index in [2.05, 4.69) is 23.7 Å². The van der Waals surface area contributed by atoms with Crippen molar-refractivity contribution in [2.45, 2.75) is 103 Å². The van der Waals surface area contributed by atoms with Gasteiger partial charge in [-0.1, -0.05) is 124 Å². The number of rotatable bonds is 22. The first-order chi connectivity index (χ1) is 22.5. The number of halogens is 2. The molecule has 4 nitrogen and oxygen atoms in total. The van der Waals surface area contributed by atoms with Crippen LogP contribution in [-0.2, 0) is 19.1 Å². The molecule has 0 saturated heterocycles. The number of hydrogen-bond donors (Lipinski definition) is 0. The summed E-state index contributed by atoms with van der Waals surface area (Å²) in [5, 5.41) is 1.35. The Hall–Kier alpha value is -3.44. The van der Waals surface area contributed by atoms with Crippen LogP contribution in [0.4, 0.5) is 0 Å². The molecule has 2 aromatic carbocycles. The Morgan fingerprint density at radius 2 is 0.826 bits per heavy atom. The lowest BCUT2D eigenvalue weighted by Crippen LogP contribution is -2.02. The summed E-state index contributed by atoms with van der Waals surface area (Å²) >= 11 is 11.7. The van der Waals surface area contributed by atoms with E-state index in [-0.39, 0.29) is 11.9 Å².